The van der Waals surface area contributed by atoms with Gasteiger partial charge in [0.15, 0.2) is 11.6 Å². The van der Waals surface area contributed by atoms with E-state index >= 15 is 0 Å². The number of nitrogens with zero attached hydrogens (tertiary/aromatic N) is 3. The Bertz CT molecular complexity index is 1290. The molecule has 0 unspecified atom stereocenters. The van der Waals surface area contributed by atoms with Crippen molar-refractivity contribution < 1.29 is 28.9 Å². The Balaban J connectivity index is 1.71. The number of hydrogen-bond donors (Lipinski definition) is 4. The van der Waals surface area contributed by atoms with Crippen molar-refractivity contribution in [2.75, 3.05) is 19.0 Å². The number of methoxy groups -OCH3 is 1. The quantitative estimate of drug-likeness (QED) is 0.333. The van der Waals surface area contributed by atoms with Crippen LogP contribution in [0.3, 0.4) is 0 Å². The highest BCUT2D eigenvalue weighted by atomic mass is 19.1. The van der Waals surface area contributed by atoms with Crippen LogP contribution in [0.5, 0.6) is 5.75 Å². The number of carboxylic acid groups (broad SMARTS) is 1. The number of aliphatic hydroxyl groups excluding tert-OH is 1. The summed E-state index contributed by atoms with van der Waals surface area (Å²) < 4.78 is 20.9. The van der Waals surface area contributed by atoms with Gasteiger partial charge in [-0.05, 0) is 42.2 Å². The number of nitrogens with two attached hydrogens (primary N) is 1. The highest BCUT2D eigenvalue weighted by molar-refractivity contribution is 5.95. The monoisotopic (exact) mass is 497 g/mol. The van der Waals surface area contributed by atoms with Crippen molar-refractivity contribution in [2.45, 2.75) is 44.8 Å². The molecule has 0 fully saturated rings. The molecule has 0 bridgehead atoms. The highest BCUT2D eigenvalue weighted by Gasteiger charge is 2.30. The van der Waals surface area contributed by atoms with Crippen LogP contribution >= 0.6 is 0 Å². The second kappa shape index (κ2) is 10.7. The summed E-state index contributed by atoms with van der Waals surface area (Å²) in [5.74, 6) is -2.85. The number of carbonyl (C=O) groups is 2. The second-order valence-corrected chi connectivity index (χ2v) is 8.59. The van der Waals surface area contributed by atoms with Gasteiger partial charge in [-0.25, -0.2) is 9.37 Å². The SMILES string of the molecule is COc1ccc([C@H](CC(=O)O)c2nn(CCc3ccc4c(n3)NCCC4)c(CO)c2C(N)=O)cc1F. The molecular weight excluding hydrogens is 469 g/mol. The zero-order chi connectivity index (χ0) is 25.8. The third kappa shape index (κ3) is 5.15. The van der Waals surface area contributed by atoms with E-state index in [0.717, 1.165) is 42.5 Å². The van der Waals surface area contributed by atoms with Crippen LogP contribution in [-0.4, -0.2) is 50.5 Å². The minimum atomic E-state index is -1.17. The zero-order valence-electron chi connectivity index (χ0n) is 19.8. The number of halogens is 1. The number of aliphatic carboxylic acids is 1. The molecule has 1 aliphatic rings. The lowest BCUT2D eigenvalue weighted by molar-refractivity contribution is -0.137. The molecule has 0 aliphatic carbocycles. The van der Waals surface area contributed by atoms with E-state index in [1.807, 2.05) is 12.1 Å². The first-order valence-electron chi connectivity index (χ1n) is 11.6. The van der Waals surface area contributed by atoms with Crippen LogP contribution in [-0.2, 0) is 30.8 Å². The Hall–Kier alpha value is -3.99. The van der Waals surface area contributed by atoms with Gasteiger partial charge in [-0.2, -0.15) is 5.10 Å². The lowest BCUT2D eigenvalue weighted by Crippen LogP contribution is -2.18. The summed E-state index contributed by atoms with van der Waals surface area (Å²) in [6, 6.07) is 8.00. The van der Waals surface area contributed by atoms with Crippen LogP contribution in [0.15, 0.2) is 30.3 Å². The minimum absolute atomic E-state index is 0.00318. The van der Waals surface area contributed by atoms with Gasteiger partial charge in [0.1, 0.15) is 5.82 Å². The van der Waals surface area contributed by atoms with Crippen molar-refractivity contribution in [3.05, 3.63) is 69.9 Å². The van der Waals surface area contributed by atoms with Crippen molar-refractivity contribution in [1.29, 1.82) is 0 Å². The number of primary amides is 1. The number of aliphatic hydroxyl groups is 1. The predicted octanol–water partition coefficient (Wildman–Crippen LogP) is 2.22. The first kappa shape index (κ1) is 25.1. The summed E-state index contributed by atoms with van der Waals surface area (Å²) >= 11 is 0. The number of nitrogens with one attached hydrogen (secondary N) is 1. The van der Waals surface area contributed by atoms with Gasteiger partial charge in [-0.15, -0.1) is 0 Å². The average Bonchev–Trinajstić information content (AvgIpc) is 3.24. The molecule has 1 amide bonds. The van der Waals surface area contributed by atoms with Gasteiger partial charge in [0.05, 0.1) is 37.1 Å². The molecule has 0 saturated heterocycles. The molecule has 11 heteroatoms. The third-order valence-electron chi connectivity index (χ3n) is 6.30. The minimum Gasteiger partial charge on any atom is -0.494 e. The summed E-state index contributed by atoms with van der Waals surface area (Å²) in [5, 5.41) is 27.4. The fraction of sp³-hybridized carbons (Fsp3) is 0.360. The highest BCUT2D eigenvalue weighted by Crippen LogP contribution is 2.33. The number of pyridine rings is 1. The van der Waals surface area contributed by atoms with Crippen LogP contribution in [0.25, 0.3) is 0 Å². The first-order chi connectivity index (χ1) is 17.3. The van der Waals surface area contributed by atoms with E-state index in [1.54, 1.807) is 0 Å². The fourth-order valence-corrected chi connectivity index (χ4v) is 4.55. The number of amides is 1. The van der Waals surface area contributed by atoms with Crippen molar-refractivity contribution in [3.63, 3.8) is 0 Å². The average molecular weight is 498 g/mol. The van der Waals surface area contributed by atoms with E-state index in [4.69, 9.17) is 10.5 Å². The largest absolute Gasteiger partial charge is 0.494 e. The van der Waals surface area contributed by atoms with Gasteiger partial charge in [0.25, 0.3) is 5.91 Å². The van der Waals surface area contributed by atoms with E-state index in [2.05, 4.69) is 15.4 Å². The van der Waals surface area contributed by atoms with Gasteiger partial charge < -0.3 is 26.0 Å². The van der Waals surface area contributed by atoms with Crippen molar-refractivity contribution in [1.82, 2.24) is 14.8 Å². The van der Waals surface area contributed by atoms with E-state index < -0.39 is 36.6 Å². The number of ether oxygens (including phenoxy) is 1. The standard InChI is InChI=1S/C25H28FN5O5/c1-36-20-7-5-15(11-18(20)26)17(12-21(33)34)23-22(24(27)35)19(13-32)31(30-23)10-8-16-6-4-14-3-2-9-28-25(14)29-16/h4-7,11,17,32H,2-3,8-10,12-13H2,1H3,(H2,27,35)(H,28,29)(H,33,34)/t17-/m0/s1. The van der Waals surface area contributed by atoms with Crippen molar-refractivity contribution in [3.8, 4) is 5.75 Å². The molecule has 0 saturated carbocycles. The van der Waals surface area contributed by atoms with Crippen LogP contribution in [0.1, 0.15) is 57.3 Å². The van der Waals surface area contributed by atoms with Gasteiger partial charge in [-0.1, -0.05) is 12.1 Å². The smallest absolute Gasteiger partial charge is 0.304 e. The number of carboxylic acids is 1. The molecule has 1 aliphatic heterocycles. The lowest BCUT2D eigenvalue weighted by Gasteiger charge is -2.17. The number of fused-ring (bicyclic) bond motifs is 1. The van der Waals surface area contributed by atoms with Crippen LogP contribution in [0, 0.1) is 5.82 Å². The summed E-state index contributed by atoms with van der Waals surface area (Å²) in [6.07, 6.45) is 2.00. The van der Waals surface area contributed by atoms with Gasteiger partial charge in [-0.3, -0.25) is 14.3 Å². The molecule has 2 aromatic heterocycles. The molecular formula is C25H28FN5O5. The molecule has 36 heavy (non-hydrogen) atoms. The Labute approximate surface area is 206 Å². The lowest BCUT2D eigenvalue weighted by atomic mass is 9.89. The van der Waals surface area contributed by atoms with Crippen LogP contribution < -0.4 is 15.8 Å². The van der Waals surface area contributed by atoms with Gasteiger partial charge in [0.2, 0.25) is 0 Å². The molecule has 10 nitrogen and oxygen atoms in total. The van der Waals surface area contributed by atoms with E-state index in [-0.39, 0.29) is 34.8 Å². The number of rotatable bonds is 10. The Morgan fingerprint density at radius 2 is 2.11 bits per heavy atom. The normalized spacial score (nSPS) is 13.5. The van der Waals surface area contributed by atoms with E-state index in [0.29, 0.717) is 6.42 Å². The number of aryl methyl sites for hydroxylation is 3. The number of benzene rings is 1. The second-order valence-electron chi connectivity index (χ2n) is 8.59. The summed E-state index contributed by atoms with van der Waals surface area (Å²) in [5.41, 5.74) is 8.04. The molecule has 5 N–H and O–H groups in total. The Morgan fingerprint density at radius 1 is 1.31 bits per heavy atom. The van der Waals surface area contributed by atoms with Crippen LogP contribution in [0.4, 0.5) is 10.2 Å². The Kier molecular flexibility index (Phi) is 7.49. The Morgan fingerprint density at radius 3 is 2.78 bits per heavy atom. The number of aromatic nitrogens is 3. The van der Waals surface area contributed by atoms with Gasteiger partial charge >= 0.3 is 5.97 Å². The van der Waals surface area contributed by atoms with E-state index in [9.17, 15) is 24.2 Å². The van der Waals surface area contributed by atoms with Gasteiger partial charge in [0, 0.05) is 31.1 Å². The maximum atomic E-state index is 14.5. The first-order valence-corrected chi connectivity index (χ1v) is 11.6. The predicted molar refractivity (Wildman–Crippen MR) is 128 cm³/mol. The fourth-order valence-electron chi connectivity index (χ4n) is 4.55. The third-order valence-corrected chi connectivity index (χ3v) is 6.30. The van der Waals surface area contributed by atoms with Crippen molar-refractivity contribution in [2.24, 2.45) is 5.73 Å². The topological polar surface area (TPSA) is 153 Å². The number of carbonyl (C=O) groups excluding carboxylic acids is 1. The molecule has 4 rings (SSSR count). The molecule has 3 aromatic rings. The van der Waals surface area contributed by atoms with E-state index in [1.165, 1.54) is 23.9 Å². The number of hydrogen-bond acceptors (Lipinski definition) is 7. The molecule has 0 radical (unpaired) electrons. The van der Waals surface area contributed by atoms with Crippen molar-refractivity contribution >= 4 is 17.7 Å². The molecule has 3 heterocycles. The number of anilines is 1. The molecule has 0 spiro atoms. The summed E-state index contributed by atoms with van der Waals surface area (Å²) in [7, 11) is 1.32. The zero-order valence-corrected chi connectivity index (χ0v) is 19.8. The summed E-state index contributed by atoms with van der Waals surface area (Å²) in [6.45, 7) is 0.583. The molecule has 1 atom stereocenters. The van der Waals surface area contributed by atoms with Crippen LogP contribution in [0.2, 0.25) is 0 Å². The molecule has 190 valence electrons. The molecule has 1 aromatic carbocycles. The summed E-state index contributed by atoms with van der Waals surface area (Å²) in [4.78, 5) is 28.8. The maximum absolute atomic E-state index is 14.5. The maximum Gasteiger partial charge on any atom is 0.304 e.